The third-order valence-corrected chi connectivity index (χ3v) is 8.62. The maximum atomic E-state index is 12.5. The summed E-state index contributed by atoms with van der Waals surface area (Å²) in [6, 6.07) is 0. The van der Waals surface area contributed by atoms with Crippen molar-refractivity contribution < 1.29 is 47.8 Å². The van der Waals surface area contributed by atoms with E-state index >= 15 is 0 Å². The summed E-state index contributed by atoms with van der Waals surface area (Å²) in [5.74, 6) is -0.934. The van der Waals surface area contributed by atoms with Crippen LogP contribution in [0.4, 0.5) is 0 Å². The van der Waals surface area contributed by atoms with Crippen LogP contribution in [0.25, 0.3) is 0 Å². The van der Waals surface area contributed by atoms with Crippen molar-refractivity contribution in [2.45, 2.75) is 174 Å². The number of unbranched alkanes of at least 4 members (excludes halogenated alkanes) is 18. The highest BCUT2D eigenvalue weighted by atomic mass is 31.2. The van der Waals surface area contributed by atoms with Gasteiger partial charge < -0.3 is 24.6 Å². The Kier molecular flexibility index (Phi) is 31.4. The molecule has 0 rings (SSSR count). The first kappa shape index (κ1) is 44.7. The lowest BCUT2D eigenvalue weighted by molar-refractivity contribution is -0.161. The van der Waals surface area contributed by atoms with E-state index in [4.69, 9.17) is 19.1 Å². The minimum Gasteiger partial charge on any atom is -0.462 e. The number of carbonyl (C=O) groups excluding carboxylic acids is 2. The van der Waals surface area contributed by atoms with Crippen molar-refractivity contribution in [3.05, 3.63) is 12.2 Å². The van der Waals surface area contributed by atoms with E-state index in [2.05, 4.69) is 30.5 Å². The van der Waals surface area contributed by atoms with E-state index in [1.807, 2.05) is 0 Å². The molecule has 0 bridgehead atoms. The standard InChI is InChI=1S/C35H67O10P/c1-3-5-7-9-11-13-15-16-17-19-20-22-24-26-34(38)42-30-33(31-44-46(40,41)43-29-32(37)28-36)45-35(39)27-25-23-21-18-14-12-10-8-6-4-2/h13,15,32-33,36-37H,3-12,14,16-31H2,1-2H3,(H,40,41)/b15-13-/t32-,33+/m0/s1. The van der Waals surface area contributed by atoms with Crippen molar-refractivity contribution in [3.63, 3.8) is 0 Å². The zero-order chi connectivity index (χ0) is 34.1. The molecule has 1 unspecified atom stereocenters. The smallest absolute Gasteiger partial charge is 0.462 e. The van der Waals surface area contributed by atoms with Crippen LogP contribution in [0, 0.1) is 0 Å². The second-order valence-electron chi connectivity index (χ2n) is 12.3. The zero-order valence-corrected chi connectivity index (χ0v) is 29.9. The van der Waals surface area contributed by atoms with E-state index in [0.717, 1.165) is 57.8 Å². The summed E-state index contributed by atoms with van der Waals surface area (Å²) in [6.45, 7) is 2.32. The van der Waals surface area contributed by atoms with Gasteiger partial charge in [0.25, 0.3) is 0 Å². The highest BCUT2D eigenvalue weighted by molar-refractivity contribution is 7.47. The lowest BCUT2D eigenvalue weighted by atomic mass is 10.1. The molecule has 0 saturated heterocycles. The molecular weight excluding hydrogens is 611 g/mol. The molecule has 0 aliphatic carbocycles. The molecule has 0 fully saturated rings. The van der Waals surface area contributed by atoms with Crippen molar-refractivity contribution in [2.24, 2.45) is 0 Å². The fraction of sp³-hybridized carbons (Fsp3) is 0.886. The van der Waals surface area contributed by atoms with Crippen LogP contribution in [0.5, 0.6) is 0 Å². The van der Waals surface area contributed by atoms with Gasteiger partial charge in [0.2, 0.25) is 0 Å². The van der Waals surface area contributed by atoms with Crippen molar-refractivity contribution in [1.82, 2.24) is 0 Å². The Bertz CT molecular complexity index is 791. The van der Waals surface area contributed by atoms with Crippen molar-refractivity contribution in [1.29, 1.82) is 0 Å². The predicted octanol–water partition coefficient (Wildman–Crippen LogP) is 8.50. The largest absolute Gasteiger partial charge is 0.472 e. The quantitative estimate of drug-likeness (QED) is 0.0262. The van der Waals surface area contributed by atoms with Gasteiger partial charge in [-0.05, 0) is 38.5 Å². The van der Waals surface area contributed by atoms with Crippen molar-refractivity contribution in [3.8, 4) is 0 Å². The van der Waals surface area contributed by atoms with Gasteiger partial charge in [-0.2, -0.15) is 0 Å². The van der Waals surface area contributed by atoms with Crippen molar-refractivity contribution >= 4 is 19.8 Å². The van der Waals surface area contributed by atoms with E-state index in [1.165, 1.54) is 64.2 Å². The van der Waals surface area contributed by atoms with Crippen LogP contribution in [0.1, 0.15) is 162 Å². The van der Waals surface area contributed by atoms with Gasteiger partial charge in [0.05, 0.1) is 19.8 Å². The summed E-state index contributed by atoms with van der Waals surface area (Å²) in [4.78, 5) is 34.7. The molecule has 0 amide bonds. The topological polar surface area (TPSA) is 149 Å². The lowest BCUT2D eigenvalue weighted by Crippen LogP contribution is -2.29. The van der Waals surface area contributed by atoms with Crippen LogP contribution in [-0.4, -0.2) is 65.7 Å². The lowest BCUT2D eigenvalue weighted by Gasteiger charge is -2.20. The minimum absolute atomic E-state index is 0.186. The van der Waals surface area contributed by atoms with Crippen LogP contribution in [0.15, 0.2) is 12.2 Å². The average molecular weight is 679 g/mol. The molecule has 272 valence electrons. The van der Waals surface area contributed by atoms with Crippen molar-refractivity contribution in [2.75, 3.05) is 26.4 Å². The molecule has 0 aliphatic rings. The highest BCUT2D eigenvalue weighted by Crippen LogP contribution is 2.43. The van der Waals surface area contributed by atoms with Gasteiger partial charge in [0, 0.05) is 12.8 Å². The molecule has 0 radical (unpaired) electrons. The summed E-state index contributed by atoms with van der Waals surface area (Å²) < 4.78 is 32.5. The maximum Gasteiger partial charge on any atom is 0.472 e. The monoisotopic (exact) mass is 678 g/mol. The summed E-state index contributed by atoms with van der Waals surface area (Å²) >= 11 is 0. The summed E-state index contributed by atoms with van der Waals surface area (Å²) in [6.07, 6.45) is 26.2. The number of aliphatic hydroxyl groups excluding tert-OH is 2. The first-order valence-electron chi connectivity index (χ1n) is 18.1. The Morgan fingerprint density at radius 2 is 1.07 bits per heavy atom. The molecule has 46 heavy (non-hydrogen) atoms. The SMILES string of the molecule is CCCCCC/C=C\CCCCCCCC(=O)OC[C@H](COP(=O)(O)OC[C@@H](O)CO)OC(=O)CCCCCCCCCCCC. The van der Waals surface area contributed by atoms with Gasteiger partial charge in [-0.25, -0.2) is 4.57 Å². The average Bonchev–Trinajstić information content (AvgIpc) is 3.04. The third kappa shape index (κ3) is 31.3. The number of allylic oxidation sites excluding steroid dienone is 2. The van der Waals surface area contributed by atoms with E-state index < -0.39 is 51.8 Å². The van der Waals surface area contributed by atoms with Gasteiger partial charge in [-0.15, -0.1) is 0 Å². The first-order valence-corrected chi connectivity index (χ1v) is 19.6. The number of aliphatic hydroxyl groups is 2. The van der Waals surface area contributed by atoms with Crippen LogP contribution in [0.3, 0.4) is 0 Å². The molecule has 0 heterocycles. The fourth-order valence-electron chi connectivity index (χ4n) is 4.81. The van der Waals surface area contributed by atoms with Crippen LogP contribution < -0.4 is 0 Å². The van der Waals surface area contributed by atoms with Gasteiger partial charge in [0.15, 0.2) is 6.10 Å². The van der Waals surface area contributed by atoms with E-state index in [9.17, 15) is 24.2 Å². The molecule has 0 aliphatic heterocycles. The first-order chi connectivity index (χ1) is 22.2. The number of hydrogen-bond donors (Lipinski definition) is 3. The van der Waals surface area contributed by atoms with E-state index in [0.29, 0.717) is 12.8 Å². The molecule has 10 nitrogen and oxygen atoms in total. The number of phosphoric ester groups is 1. The molecule has 0 spiro atoms. The molecule has 11 heteroatoms. The van der Waals surface area contributed by atoms with Gasteiger partial charge >= 0.3 is 19.8 Å². The third-order valence-electron chi connectivity index (χ3n) is 7.67. The molecular formula is C35H67O10P. The Morgan fingerprint density at radius 3 is 1.59 bits per heavy atom. The summed E-state index contributed by atoms with van der Waals surface area (Å²) in [5, 5.41) is 18.2. The summed E-state index contributed by atoms with van der Waals surface area (Å²) in [5.41, 5.74) is 0. The number of phosphoric acid groups is 1. The second-order valence-corrected chi connectivity index (χ2v) is 13.7. The Hall–Kier alpha value is -1.29. The van der Waals surface area contributed by atoms with Gasteiger partial charge in [-0.3, -0.25) is 18.6 Å². The van der Waals surface area contributed by atoms with Crippen LogP contribution in [-0.2, 0) is 32.7 Å². The number of hydrogen-bond acceptors (Lipinski definition) is 9. The molecule has 0 aromatic carbocycles. The van der Waals surface area contributed by atoms with E-state index in [1.54, 1.807) is 0 Å². The highest BCUT2D eigenvalue weighted by Gasteiger charge is 2.27. The number of ether oxygens (including phenoxy) is 2. The zero-order valence-electron chi connectivity index (χ0n) is 29.0. The Labute approximate surface area is 279 Å². The maximum absolute atomic E-state index is 12.5. The number of rotatable bonds is 34. The molecule has 0 aromatic heterocycles. The number of carbonyl (C=O) groups is 2. The Balaban J connectivity index is 4.39. The van der Waals surface area contributed by atoms with Gasteiger partial charge in [-0.1, -0.05) is 122 Å². The van der Waals surface area contributed by atoms with Crippen LogP contribution in [0.2, 0.25) is 0 Å². The molecule has 0 aromatic rings. The fourth-order valence-corrected chi connectivity index (χ4v) is 5.60. The Morgan fingerprint density at radius 1 is 0.630 bits per heavy atom. The van der Waals surface area contributed by atoms with Crippen LogP contribution >= 0.6 is 7.82 Å². The molecule has 3 N–H and O–H groups in total. The van der Waals surface area contributed by atoms with Gasteiger partial charge in [0.1, 0.15) is 12.7 Å². The summed E-state index contributed by atoms with van der Waals surface area (Å²) in [7, 11) is -4.60. The second kappa shape index (κ2) is 32.3. The minimum atomic E-state index is -4.60. The number of esters is 2. The molecule has 3 atom stereocenters. The van der Waals surface area contributed by atoms with E-state index in [-0.39, 0.29) is 19.4 Å². The predicted molar refractivity (Wildman–Crippen MR) is 182 cm³/mol. The molecule has 0 saturated carbocycles. The normalized spacial score (nSPS) is 14.3.